The van der Waals surface area contributed by atoms with Crippen LogP contribution >= 0.6 is 11.8 Å². The van der Waals surface area contributed by atoms with Crippen LogP contribution in [-0.4, -0.2) is 32.4 Å². The van der Waals surface area contributed by atoms with E-state index in [4.69, 9.17) is 9.26 Å². The molecule has 24 heavy (non-hydrogen) atoms. The quantitative estimate of drug-likeness (QED) is 0.701. The summed E-state index contributed by atoms with van der Waals surface area (Å²) in [6, 6.07) is 7.57. The second kappa shape index (κ2) is 7.48. The number of methoxy groups -OCH3 is 1. The highest BCUT2D eigenvalue weighted by molar-refractivity contribution is 7.98. The number of aryl methyl sites for hydroxylation is 1. The van der Waals surface area contributed by atoms with Gasteiger partial charge in [0.15, 0.2) is 0 Å². The molecule has 0 aliphatic rings. The molecule has 0 aliphatic heterocycles. The Morgan fingerprint density at radius 2 is 2.04 bits per heavy atom. The number of rotatable bonds is 7. The molecule has 0 spiro atoms. The summed E-state index contributed by atoms with van der Waals surface area (Å²) in [5.41, 5.74) is 0.894. The highest BCUT2D eigenvalue weighted by atomic mass is 32.2. The Morgan fingerprint density at radius 3 is 2.71 bits per heavy atom. The van der Waals surface area contributed by atoms with Crippen LogP contribution in [0.2, 0.25) is 0 Å². The van der Waals surface area contributed by atoms with E-state index in [2.05, 4.69) is 25.3 Å². The Bertz CT molecular complexity index is 784. The van der Waals surface area contributed by atoms with Gasteiger partial charge in [-0.2, -0.15) is 10.1 Å². The molecular weight excluding hydrogens is 326 g/mol. The molecule has 7 nitrogen and oxygen atoms in total. The molecule has 126 valence electrons. The van der Waals surface area contributed by atoms with Gasteiger partial charge in [-0.05, 0) is 31.2 Å². The van der Waals surface area contributed by atoms with Gasteiger partial charge in [-0.1, -0.05) is 12.1 Å². The van der Waals surface area contributed by atoms with Gasteiger partial charge in [-0.25, -0.2) is 4.98 Å². The van der Waals surface area contributed by atoms with Crippen LogP contribution < -0.4 is 4.74 Å². The van der Waals surface area contributed by atoms with Crippen LogP contribution in [0.25, 0.3) is 11.4 Å². The van der Waals surface area contributed by atoms with E-state index in [0.29, 0.717) is 17.5 Å². The molecule has 2 heterocycles. The maximum absolute atomic E-state index is 5.39. The minimum Gasteiger partial charge on any atom is -0.497 e. The Morgan fingerprint density at radius 1 is 1.25 bits per heavy atom. The monoisotopic (exact) mass is 345 g/mol. The van der Waals surface area contributed by atoms with Crippen molar-refractivity contribution in [1.82, 2.24) is 25.3 Å². The van der Waals surface area contributed by atoms with Gasteiger partial charge in [0.1, 0.15) is 17.4 Å². The normalized spacial score (nSPS) is 12.3. The van der Waals surface area contributed by atoms with E-state index < -0.39 is 0 Å². The molecule has 0 unspecified atom stereocenters. The third-order valence-electron chi connectivity index (χ3n) is 3.50. The number of nitrogens with one attached hydrogen (secondary N) is 1. The van der Waals surface area contributed by atoms with Gasteiger partial charge in [0.05, 0.1) is 18.1 Å². The molecule has 0 radical (unpaired) electrons. The lowest BCUT2D eigenvalue weighted by Crippen LogP contribution is -1.92. The predicted octanol–water partition coefficient (Wildman–Crippen LogP) is 3.42. The molecule has 8 heteroatoms. The molecule has 0 saturated heterocycles. The second-order valence-electron chi connectivity index (χ2n) is 5.19. The van der Waals surface area contributed by atoms with Gasteiger partial charge < -0.3 is 9.26 Å². The third kappa shape index (κ3) is 3.76. The number of benzene rings is 1. The molecule has 1 aromatic carbocycles. The maximum atomic E-state index is 5.39. The molecule has 3 rings (SSSR count). The van der Waals surface area contributed by atoms with E-state index in [0.717, 1.165) is 29.4 Å². The van der Waals surface area contributed by atoms with E-state index in [-0.39, 0.29) is 5.25 Å². The average molecular weight is 345 g/mol. The van der Waals surface area contributed by atoms with Crippen LogP contribution in [0.3, 0.4) is 0 Å². The summed E-state index contributed by atoms with van der Waals surface area (Å²) >= 11 is 1.67. The van der Waals surface area contributed by atoms with E-state index in [1.807, 2.05) is 38.1 Å². The standard InChI is InChI=1S/C16H19N5O2S/c1-4-13-17-14(20-19-13)9-24-10(2)16-18-15(21-23-16)11-5-7-12(22-3)8-6-11/h5-8,10H,4,9H2,1-3H3,(H,17,19,20)/t10-/m0/s1. The summed E-state index contributed by atoms with van der Waals surface area (Å²) in [6.07, 6.45) is 0.825. The zero-order valence-corrected chi connectivity index (χ0v) is 14.6. The lowest BCUT2D eigenvalue weighted by atomic mass is 10.2. The smallest absolute Gasteiger partial charge is 0.239 e. The SMILES string of the molecule is CCc1n[nH]c(CS[C@@H](C)c2nc(-c3ccc(OC)cc3)no2)n1. The minimum atomic E-state index is 0.0691. The fourth-order valence-corrected chi connectivity index (χ4v) is 2.87. The summed E-state index contributed by atoms with van der Waals surface area (Å²) in [5.74, 6) is 4.38. The summed E-state index contributed by atoms with van der Waals surface area (Å²) in [4.78, 5) is 8.88. The number of ether oxygens (including phenoxy) is 1. The van der Waals surface area contributed by atoms with Crippen molar-refractivity contribution >= 4 is 11.8 Å². The zero-order chi connectivity index (χ0) is 16.9. The number of aromatic nitrogens is 5. The first-order valence-corrected chi connectivity index (χ1v) is 8.74. The zero-order valence-electron chi connectivity index (χ0n) is 13.8. The van der Waals surface area contributed by atoms with Crippen LogP contribution in [0, 0.1) is 0 Å². The van der Waals surface area contributed by atoms with Crippen molar-refractivity contribution in [2.45, 2.75) is 31.3 Å². The topological polar surface area (TPSA) is 89.7 Å². The Balaban J connectivity index is 1.63. The lowest BCUT2D eigenvalue weighted by molar-refractivity contribution is 0.380. The fraction of sp³-hybridized carbons (Fsp3) is 0.375. The van der Waals surface area contributed by atoms with Crippen LogP contribution in [-0.2, 0) is 12.2 Å². The van der Waals surface area contributed by atoms with Gasteiger partial charge in [-0.15, -0.1) is 11.8 Å². The minimum absolute atomic E-state index is 0.0691. The molecule has 0 saturated carbocycles. The van der Waals surface area contributed by atoms with Gasteiger partial charge in [-0.3, -0.25) is 5.10 Å². The van der Waals surface area contributed by atoms with Crippen molar-refractivity contribution in [3.05, 3.63) is 41.8 Å². The Hall–Kier alpha value is -2.35. The van der Waals surface area contributed by atoms with Gasteiger partial charge in [0.2, 0.25) is 11.7 Å². The lowest BCUT2D eigenvalue weighted by Gasteiger charge is -2.03. The summed E-state index contributed by atoms with van der Waals surface area (Å²) < 4.78 is 10.5. The van der Waals surface area contributed by atoms with Crippen molar-refractivity contribution < 1.29 is 9.26 Å². The van der Waals surface area contributed by atoms with Crippen molar-refractivity contribution in [2.24, 2.45) is 0 Å². The molecule has 3 aromatic rings. The van der Waals surface area contributed by atoms with E-state index in [1.54, 1.807) is 18.9 Å². The highest BCUT2D eigenvalue weighted by Crippen LogP contribution is 2.30. The van der Waals surface area contributed by atoms with Gasteiger partial charge in [0.25, 0.3) is 0 Å². The second-order valence-corrected chi connectivity index (χ2v) is 6.52. The summed E-state index contributed by atoms with van der Waals surface area (Å²) in [7, 11) is 1.64. The molecule has 2 aromatic heterocycles. The van der Waals surface area contributed by atoms with Crippen molar-refractivity contribution in [3.63, 3.8) is 0 Å². The van der Waals surface area contributed by atoms with Crippen molar-refractivity contribution in [3.8, 4) is 17.1 Å². The molecule has 0 fully saturated rings. The first-order valence-electron chi connectivity index (χ1n) is 7.69. The number of H-pyrrole nitrogens is 1. The molecule has 1 N–H and O–H groups in total. The average Bonchev–Trinajstić information content (AvgIpc) is 3.29. The Labute approximate surface area is 144 Å². The number of nitrogens with zero attached hydrogens (tertiary/aromatic N) is 4. The molecule has 0 aliphatic carbocycles. The Kier molecular flexibility index (Phi) is 5.14. The third-order valence-corrected chi connectivity index (χ3v) is 4.64. The number of hydrogen-bond donors (Lipinski definition) is 1. The summed E-state index contributed by atoms with van der Waals surface area (Å²) in [5, 5.41) is 11.2. The number of aromatic amines is 1. The van der Waals surface area contributed by atoms with Crippen LogP contribution in [0.15, 0.2) is 28.8 Å². The van der Waals surface area contributed by atoms with Gasteiger partial charge in [0, 0.05) is 12.0 Å². The van der Waals surface area contributed by atoms with Gasteiger partial charge >= 0.3 is 0 Å². The number of hydrogen-bond acceptors (Lipinski definition) is 7. The van der Waals surface area contributed by atoms with Crippen molar-refractivity contribution in [1.29, 1.82) is 0 Å². The number of thioether (sulfide) groups is 1. The summed E-state index contributed by atoms with van der Waals surface area (Å²) in [6.45, 7) is 4.06. The maximum Gasteiger partial charge on any atom is 0.239 e. The van der Waals surface area contributed by atoms with E-state index in [9.17, 15) is 0 Å². The van der Waals surface area contributed by atoms with E-state index in [1.165, 1.54) is 0 Å². The van der Waals surface area contributed by atoms with Crippen molar-refractivity contribution in [2.75, 3.05) is 7.11 Å². The molecule has 0 amide bonds. The fourth-order valence-electron chi connectivity index (χ4n) is 2.09. The van der Waals surface area contributed by atoms with Crippen LogP contribution in [0.4, 0.5) is 0 Å². The molecule has 0 bridgehead atoms. The van der Waals surface area contributed by atoms with Crippen LogP contribution in [0.5, 0.6) is 5.75 Å². The molecule has 1 atom stereocenters. The van der Waals surface area contributed by atoms with Crippen LogP contribution in [0.1, 0.15) is 36.6 Å². The first-order chi connectivity index (χ1) is 11.7. The van der Waals surface area contributed by atoms with E-state index >= 15 is 0 Å². The highest BCUT2D eigenvalue weighted by Gasteiger charge is 2.16. The first kappa shape index (κ1) is 16.5. The predicted molar refractivity (Wildman–Crippen MR) is 91.8 cm³/mol. The largest absolute Gasteiger partial charge is 0.497 e. The molecular formula is C16H19N5O2S.